The summed E-state index contributed by atoms with van der Waals surface area (Å²) in [6, 6.07) is 9.25. The number of halogens is 2. The second-order valence-corrected chi connectivity index (χ2v) is 6.55. The highest BCUT2D eigenvalue weighted by Crippen LogP contribution is 2.38. The molecule has 2 aromatic carbocycles. The van der Waals surface area contributed by atoms with E-state index in [-0.39, 0.29) is 29.9 Å². The van der Waals surface area contributed by atoms with Crippen molar-refractivity contribution in [2.45, 2.75) is 13.0 Å². The van der Waals surface area contributed by atoms with E-state index in [2.05, 4.69) is 10.3 Å². The lowest BCUT2D eigenvalue weighted by atomic mass is 10.2. The number of nitrogens with zero attached hydrogens (tertiary/aromatic N) is 1. The van der Waals surface area contributed by atoms with Crippen LogP contribution in [0, 0.1) is 0 Å². The van der Waals surface area contributed by atoms with Gasteiger partial charge in [0.2, 0.25) is 0 Å². The number of aliphatic imine (C=N–C) groups is 1. The van der Waals surface area contributed by atoms with Crippen molar-refractivity contribution in [1.82, 2.24) is 0 Å². The second-order valence-electron chi connectivity index (χ2n) is 6.14. The summed E-state index contributed by atoms with van der Waals surface area (Å²) in [4.78, 5) is 4.37. The van der Waals surface area contributed by atoms with Gasteiger partial charge in [-0.3, -0.25) is 0 Å². The van der Waals surface area contributed by atoms with Gasteiger partial charge in [-0.25, -0.2) is 4.99 Å². The number of ether oxygens (including phenoxy) is 4. The summed E-state index contributed by atoms with van der Waals surface area (Å²) in [6.45, 7) is 2.65. The van der Waals surface area contributed by atoms with Crippen molar-refractivity contribution in [3.8, 4) is 23.0 Å². The van der Waals surface area contributed by atoms with Crippen LogP contribution < -0.4 is 30.0 Å². The molecule has 0 bridgehead atoms. The standard InChI is InChI=1S/C19H20ClN3O4.HI/c20-14-8-12(9-17-18(14)27-7-6-26-17)11-22-19(21)23-13-2-3-15-16(10-13)25-5-1-4-24-15;/h2-3,8-10H,1,4-7,11H2,(H3,21,22,23);1H. The molecule has 0 saturated carbocycles. The Morgan fingerprint density at radius 2 is 1.71 bits per heavy atom. The van der Waals surface area contributed by atoms with Crippen LogP contribution in [0.15, 0.2) is 35.3 Å². The number of nitrogens with two attached hydrogens (primary N) is 1. The summed E-state index contributed by atoms with van der Waals surface area (Å²) in [7, 11) is 0. The van der Waals surface area contributed by atoms with Crippen LogP contribution in [0.2, 0.25) is 5.02 Å². The molecule has 0 spiro atoms. The van der Waals surface area contributed by atoms with Crippen molar-refractivity contribution in [1.29, 1.82) is 0 Å². The largest absolute Gasteiger partial charge is 0.490 e. The number of nitrogens with one attached hydrogen (secondary N) is 1. The third-order valence-electron chi connectivity index (χ3n) is 4.11. The summed E-state index contributed by atoms with van der Waals surface area (Å²) in [6.07, 6.45) is 0.860. The number of rotatable bonds is 3. The molecule has 0 aliphatic carbocycles. The van der Waals surface area contributed by atoms with Crippen LogP contribution in [0.1, 0.15) is 12.0 Å². The Hall–Kier alpha value is -2.07. The minimum absolute atomic E-state index is 0. The highest BCUT2D eigenvalue weighted by atomic mass is 127. The lowest BCUT2D eigenvalue weighted by Gasteiger charge is -2.20. The molecule has 0 amide bonds. The number of benzene rings is 2. The predicted octanol–water partition coefficient (Wildman–Crippen LogP) is 3.82. The zero-order valence-electron chi connectivity index (χ0n) is 15.1. The highest BCUT2D eigenvalue weighted by Gasteiger charge is 2.16. The van der Waals surface area contributed by atoms with Crippen LogP contribution in [0.4, 0.5) is 5.69 Å². The molecule has 0 atom stereocenters. The van der Waals surface area contributed by atoms with Crippen molar-refractivity contribution >= 4 is 47.2 Å². The molecule has 2 aliphatic rings. The summed E-state index contributed by atoms with van der Waals surface area (Å²) < 4.78 is 22.4. The van der Waals surface area contributed by atoms with Crippen molar-refractivity contribution in [3.05, 3.63) is 40.9 Å². The predicted molar refractivity (Wildman–Crippen MR) is 119 cm³/mol. The maximum Gasteiger partial charge on any atom is 0.193 e. The van der Waals surface area contributed by atoms with Crippen molar-refractivity contribution < 1.29 is 18.9 Å². The van der Waals surface area contributed by atoms with E-state index in [0.717, 1.165) is 23.4 Å². The quantitative estimate of drug-likeness (QED) is 0.366. The monoisotopic (exact) mass is 517 g/mol. The first kappa shape index (κ1) is 20.7. The lowest BCUT2D eigenvalue weighted by Crippen LogP contribution is -2.22. The molecule has 0 aromatic heterocycles. The van der Waals surface area contributed by atoms with E-state index in [1.807, 2.05) is 24.3 Å². The average molecular weight is 518 g/mol. The fourth-order valence-electron chi connectivity index (χ4n) is 2.86. The van der Waals surface area contributed by atoms with Crippen molar-refractivity contribution in [3.63, 3.8) is 0 Å². The van der Waals surface area contributed by atoms with Gasteiger partial charge in [-0.05, 0) is 29.8 Å². The Bertz CT molecular complexity index is 878. The Morgan fingerprint density at radius 1 is 0.964 bits per heavy atom. The normalized spacial score (nSPS) is 15.2. The number of anilines is 1. The maximum atomic E-state index is 6.25. The zero-order chi connectivity index (χ0) is 18.6. The molecule has 150 valence electrons. The van der Waals surface area contributed by atoms with Gasteiger partial charge in [-0.15, -0.1) is 24.0 Å². The van der Waals surface area contributed by atoms with E-state index in [1.165, 1.54) is 0 Å². The highest BCUT2D eigenvalue weighted by molar-refractivity contribution is 14.0. The summed E-state index contributed by atoms with van der Waals surface area (Å²) >= 11 is 6.25. The molecule has 0 saturated heterocycles. The maximum absolute atomic E-state index is 6.25. The molecule has 28 heavy (non-hydrogen) atoms. The Balaban J connectivity index is 0.00000225. The van der Waals surface area contributed by atoms with Gasteiger partial charge in [-0.2, -0.15) is 0 Å². The summed E-state index contributed by atoms with van der Waals surface area (Å²) in [5.74, 6) is 2.93. The van der Waals surface area contributed by atoms with Crippen LogP contribution >= 0.6 is 35.6 Å². The smallest absolute Gasteiger partial charge is 0.193 e. The molecular formula is C19H21ClIN3O4. The zero-order valence-corrected chi connectivity index (χ0v) is 18.2. The molecule has 0 radical (unpaired) electrons. The van der Waals surface area contributed by atoms with Gasteiger partial charge in [0.05, 0.1) is 24.8 Å². The second kappa shape index (κ2) is 9.42. The van der Waals surface area contributed by atoms with Gasteiger partial charge in [-0.1, -0.05) is 11.6 Å². The third-order valence-corrected chi connectivity index (χ3v) is 4.39. The first-order valence-electron chi connectivity index (χ1n) is 8.73. The Kier molecular flexibility index (Phi) is 6.95. The van der Waals surface area contributed by atoms with Gasteiger partial charge in [0.25, 0.3) is 0 Å². The Morgan fingerprint density at radius 3 is 2.57 bits per heavy atom. The molecule has 2 aromatic rings. The van der Waals surface area contributed by atoms with Gasteiger partial charge < -0.3 is 30.0 Å². The molecular weight excluding hydrogens is 497 g/mol. The molecule has 7 nitrogen and oxygen atoms in total. The first-order chi connectivity index (χ1) is 13.2. The van der Waals surface area contributed by atoms with E-state index in [1.54, 1.807) is 6.07 Å². The molecule has 0 fully saturated rings. The number of guanidine groups is 1. The average Bonchev–Trinajstić information content (AvgIpc) is 2.91. The van der Waals surface area contributed by atoms with Gasteiger partial charge >= 0.3 is 0 Å². The third kappa shape index (κ3) is 4.85. The minimum atomic E-state index is 0. The molecule has 4 rings (SSSR count). The Labute approximate surface area is 185 Å². The SMILES string of the molecule is I.NC(=NCc1cc(Cl)c2c(c1)OCCO2)Nc1ccc2c(c1)OCCCO2. The molecule has 0 unspecified atom stereocenters. The number of hydrogen-bond donors (Lipinski definition) is 2. The van der Waals surface area contributed by atoms with E-state index < -0.39 is 0 Å². The molecule has 9 heteroatoms. The van der Waals surface area contributed by atoms with Gasteiger partial charge in [0.15, 0.2) is 29.0 Å². The van der Waals surface area contributed by atoms with E-state index >= 15 is 0 Å². The van der Waals surface area contributed by atoms with Crippen LogP contribution in [0.3, 0.4) is 0 Å². The number of hydrogen-bond acceptors (Lipinski definition) is 5. The molecule has 3 N–H and O–H groups in total. The first-order valence-corrected chi connectivity index (χ1v) is 9.11. The van der Waals surface area contributed by atoms with Crippen molar-refractivity contribution in [2.75, 3.05) is 31.7 Å². The van der Waals surface area contributed by atoms with Gasteiger partial charge in [0, 0.05) is 18.2 Å². The fraction of sp³-hybridized carbons (Fsp3) is 0.316. The lowest BCUT2D eigenvalue weighted by molar-refractivity contribution is 0.171. The van der Waals surface area contributed by atoms with Crippen LogP contribution in [-0.4, -0.2) is 32.4 Å². The van der Waals surface area contributed by atoms with Crippen LogP contribution in [0.25, 0.3) is 0 Å². The van der Waals surface area contributed by atoms with Crippen LogP contribution in [0.5, 0.6) is 23.0 Å². The topological polar surface area (TPSA) is 87.3 Å². The minimum Gasteiger partial charge on any atom is -0.490 e. The van der Waals surface area contributed by atoms with Crippen molar-refractivity contribution in [2.24, 2.45) is 10.7 Å². The van der Waals surface area contributed by atoms with E-state index in [4.69, 9.17) is 36.3 Å². The molecule has 2 aliphatic heterocycles. The summed E-state index contributed by atoms with van der Waals surface area (Å²) in [5, 5.41) is 3.57. The number of fused-ring (bicyclic) bond motifs is 2. The van der Waals surface area contributed by atoms with E-state index in [0.29, 0.717) is 55.2 Å². The van der Waals surface area contributed by atoms with Crippen LogP contribution in [-0.2, 0) is 6.54 Å². The molecule has 2 heterocycles. The fourth-order valence-corrected chi connectivity index (χ4v) is 3.15. The van der Waals surface area contributed by atoms with E-state index in [9.17, 15) is 0 Å². The van der Waals surface area contributed by atoms with Gasteiger partial charge in [0.1, 0.15) is 13.2 Å². The summed E-state index contributed by atoms with van der Waals surface area (Å²) in [5.41, 5.74) is 7.67.